The molecular weight excluding hydrogens is 288 g/mol. The van der Waals surface area contributed by atoms with Crippen molar-refractivity contribution in [2.24, 2.45) is 0 Å². The van der Waals surface area contributed by atoms with Gasteiger partial charge in [0.25, 0.3) is 0 Å². The van der Waals surface area contributed by atoms with E-state index in [0.717, 1.165) is 16.7 Å². The lowest BCUT2D eigenvalue weighted by Gasteiger charge is -2.17. The van der Waals surface area contributed by atoms with Crippen molar-refractivity contribution in [3.63, 3.8) is 0 Å². The third kappa shape index (κ3) is 4.23. The Morgan fingerprint density at radius 1 is 1.19 bits per heavy atom. The van der Waals surface area contributed by atoms with E-state index in [0.29, 0.717) is 17.2 Å². The summed E-state index contributed by atoms with van der Waals surface area (Å²) in [7, 11) is 0. The van der Waals surface area contributed by atoms with Crippen LogP contribution >= 0.6 is 11.6 Å². The molecule has 2 aromatic rings. The van der Waals surface area contributed by atoms with Gasteiger partial charge in [0.2, 0.25) is 0 Å². The molecule has 0 bridgehead atoms. The van der Waals surface area contributed by atoms with Crippen molar-refractivity contribution in [2.45, 2.75) is 26.4 Å². The summed E-state index contributed by atoms with van der Waals surface area (Å²) < 4.78 is 5.57. The highest BCUT2D eigenvalue weighted by atomic mass is 35.5. The lowest BCUT2D eigenvalue weighted by Crippen LogP contribution is -2.29. The summed E-state index contributed by atoms with van der Waals surface area (Å²) in [6, 6.07) is 12.7. The van der Waals surface area contributed by atoms with E-state index in [4.69, 9.17) is 16.3 Å². The van der Waals surface area contributed by atoms with Crippen molar-refractivity contribution in [2.75, 3.05) is 0 Å². The van der Waals surface area contributed by atoms with Gasteiger partial charge in [-0.05, 0) is 49.2 Å². The second-order valence-corrected chi connectivity index (χ2v) is 5.47. The Balaban J connectivity index is 2.17. The van der Waals surface area contributed by atoms with Crippen LogP contribution in [-0.2, 0) is 11.2 Å². The predicted octanol–water partition coefficient (Wildman–Crippen LogP) is 4.03. The average molecular weight is 305 g/mol. The molecule has 1 atom stereocenters. The number of carbonyl (C=O) groups is 1. The van der Waals surface area contributed by atoms with Crippen molar-refractivity contribution < 1.29 is 14.6 Å². The number of rotatable bonds is 5. The number of aliphatic carboxylic acids is 1. The largest absolute Gasteiger partial charge is 0.478 e. The van der Waals surface area contributed by atoms with E-state index in [9.17, 15) is 9.90 Å². The summed E-state index contributed by atoms with van der Waals surface area (Å²) >= 11 is 5.81. The van der Waals surface area contributed by atoms with Gasteiger partial charge in [-0.3, -0.25) is 0 Å². The van der Waals surface area contributed by atoms with E-state index in [1.165, 1.54) is 0 Å². The molecule has 1 N–H and O–H groups in total. The molecule has 1 unspecified atom stereocenters. The van der Waals surface area contributed by atoms with Gasteiger partial charge in [0.1, 0.15) is 5.75 Å². The van der Waals surface area contributed by atoms with Gasteiger partial charge in [-0.2, -0.15) is 0 Å². The third-order valence-corrected chi connectivity index (χ3v) is 3.53. The molecule has 0 spiro atoms. The molecule has 21 heavy (non-hydrogen) atoms. The molecule has 110 valence electrons. The maximum Gasteiger partial charge on any atom is 0.345 e. The maximum absolute atomic E-state index is 11.4. The minimum absolute atomic E-state index is 0.325. The molecule has 0 aromatic heterocycles. The van der Waals surface area contributed by atoms with E-state index in [-0.39, 0.29) is 0 Å². The van der Waals surface area contributed by atoms with Crippen LogP contribution in [-0.4, -0.2) is 17.2 Å². The zero-order valence-electron chi connectivity index (χ0n) is 12.0. The van der Waals surface area contributed by atoms with Gasteiger partial charge in [-0.1, -0.05) is 35.4 Å². The normalized spacial score (nSPS) is 12.0. The van der Waals surface area contributed by atoms with Gasteiger partial charge in [-0.15, -0.1) is 0 Å². The number of ether oxygens (including phenoxy) is 1. The number of carboxylic acid groups (broad SMARTS) is 1. The quantitative estimate of drug-likeness (QED) is 0.907. The molecule has 2 rings (SSSR count). The maximum atomic E-state index is 11.4. The molecule has 0 saturated carbocycles. The van der Waals surface area contributed by atoms with Crippen molar-refractivity contribution in [1.82, 2.24) is 0 Å². The van der Waals surface area contributed by atoms with E-state index < -0.39 is 12.1 Å². The first-order valence-corrected chi connectivity index (χ1v) is 7.04. The lowest BCUT2D eigenvalue weighted by atomic mass is 10.00. The number of benzene rings is 2. The fourth-order valence-corrected chi connectivity index (χ4v) is 2.20. The molecule has 0 radical (unpaired) electrons. The summed E-state index contributed by atoms with van der Waals surface area (Å²) in [4.78, 5) is 11.4. The van der Waals surface area contributed by atoms with Crippen LogP contribution in [0.1, 0.15) is 16.7 Å². The van der Waals surface area contributed by atoms with E-state index in [2.05, 4.69) is 0 Å². The number of aryl methyl sites for hydroxylation is 2. The first-order valence-electron chi connectivity index (χ1n) is 6.67. The fourth-order valence-electron chi connectivity index (χ4n) is 2.08. The zero-order chi connectivity index (χ0) is 15.4. The lowest BCUT2D eigenvalue weighted by molar-refractivity contribution is -0.145. The Labute approximate surface area is 129 Å². The zero-order valence-corrected chi connectivity index (χ0v) is 12.7. The van der Waals surface area contributed by atoms with Crippen LogP contribution in [0.4, 0.5) is 0 Å². The predicted molar refractivity (Wildman–Crippen MR) is 83.1 cm³/mol. The van der Waals surface area contributed by atoms with Crippen LogP contribution < -0.4 is 4.74 Å². The van der Waals surface area contributed by atoms with Crippen LogP contribution in [0, 0.1) is 13.8 Å². The van der Waals surface area contributed by atoms with Crippen LogP contribution in [0.3, 0.4) is 0 Å². The van der Waals surface area contributed by atoms with Gasteiger partial charge >= 0.3 is 5.97 Å². The summed E-state index contributed by atoms with van der Waals surface area (Å²) in [6.45, 7) is 3.95. The van der Waals surface area contributed by atoms with Crippen molar-refractivity contribution in [3.05, 3.63) is 64.2 Å². The second-order valence-electron chi connectivity index (χ2n) is 5.03. The smallest absolute Gasteiger partial charge is 0.345 e. The Hall–Kier alpha value is -2.00. The number of hydrogen-bond acceptors (Lipinski definition) is 2. The molecule has 0 amide bonds. The second kappa shape index (κ2) is 6.64. The molecule has 0 aliphatic carbocycles. The van der Waals surface area contributed by atoms with Crippen molar-refractivity contribution in [1.29, 1.82) is 0 Å². The Morgan fingerprint density at radius 2 is 1.86 bits per heavy atom. The standard InChI is InChI=1S/C17H17ClO3/c1-11-3-4-12(2)13(9-11)10-16(17(19)20)21-15-7-5-14(18)6-8-15/h3-9,16H,10H2,1-2H3,(H,19,20). The summed E-state index contributed by atoms with van der Waals surface area (Å²) in [5.41, 5.74) is 3.15. The number of hydrogen-bond donors (Lipinski definition) is 1. The first kappa shape index (κ1) is 15.4. The Kier molecular flexibility index (Phi) is 4.86. The summed E-state index contributed by atoms with van der Waals surface area (Å²) in [5.74, 6) is -0.483. The SMILES string of the molecule is Cc1ccc(C)c(CC(Oc2ccc(Cl)cc2)C(=O)O)c1. The Bertz CT molecular complexity index is 635. The van der Waals surface area contributed by atoms with Gasteiger partial charge in [-0.25, -0.2) is 4.79 Å². The van der Waals surface area contributed by atoms with E-state index >= 15 is 0 Å². The van der Waals surface area contributed by atoms with Crippen LogP contribution in [0.25, 0.3) is 0 Å². The minimum atomic E-state index is -0.981. The number of halogens is 1. The molecule has 0 heterocycles. The number of carboxylic acids is 1. The highest BCUT2D eigenvalue weighted by Crippen LogP contribution is 2.20. The topological polar surface area (TPSA) is 46.5 Å². The summed E-state index contributed by atoms with van der Waals surface area (Å²) in [6.07, 6.45) is -0.600. The molecule has 0 saturated heterocycles. The molecule has 2 aromatic carbocycles. The highest BCUT2D eigenvalue weighted by Gasteiger charge is 2.21. The van der Waals surface area contributed by atoms with Crippen molar-refractivity contribution >= 4 is 17.6 Å². The van der Waals surface area contributed by atoms with Crippen LogP contribution in [0.15, 0.2) is 42.5 Å². The first-order chi connectivity index (χ1) is 9.95. The molecule has 3 nitrogen and oxygen atoms in total. The third-order valence-electron chi connectivity index (χ3n) is 3.28. The molecule has 0 aliphatic heterocycles. The molecular formula is C17H17ClO3. The van der Waals surface area contributed by atoms with Gasteiger partial charge in [0.05, 0.1) is 0 Å². The molecule has 0 fully saturated rings. The molecule has 0 aliphatic rings. The molecule has 4 heteroatoms. The van der Waals surface area contributed by atoms with Crippen LogP contribution in [0.5, 0.6) is 5.75 Å². The fraction of sp³-hybridized carbons (Fsp3) is 0.235. The average Bonchev–Trinajstić information content (AvgIpc) is 2.44. The van der Waals surface area contributed by atoms with Gasteiger partial charge in [0.15, 0.2) is 6.10 Å². The Morgan fingerprint density at radius 3 is 2.48 bits per heavy atom. The van der Waals surface area contributed by atoms with Gasteiger partial charge < -0.3 is 9.84 Å². The highest BCUT2D eigenvalue weighted by molar-refractivity contribution is 6.30. The van der Waals surface area contributed by atoms with E-state index in [1.54, 1.807) is 24.3 Å². The monoisotopic (exact) mass is 304 g/mol. The van der Waals surface area contributed by atoms with E-state index in [1.807, 2.05) is 32.0 Å². The summed E-state index contributed by atoms with van der Waals surface area (Å²) in [5, 5.41) is 9.95. The van der Waals surface area contributed by atoms with Crippen molar-refractivity contribution in [3.8, 4) is 5.75 Å². The van der Waals surface area contributed by atoms with Crippen LogP contribution in [0.2, 0.25) is 5.02 Å². The van der Waals surface area contributed by atoms with Gasteiger partial charge in [0, 0.05) is 11.4 Å². The minimum Gasteiger partial charge on any atom is -0.478 e.